The number of hydrogen-bond acceptors (Lipinski definition) is 4. The summed E-state index contributed by atoms with van der Waals surface area (Å²) in [5.74, 6) is -0.0291. The van der Waals surface area contributed by atoms with Gasteiger partial charge in [-0.1, -0.05) is 6.07 Å². The van der Waals surface area contributed by atoms with Crippen LogP contribution in [0.25, 0.3) is 0 Å². The molecule has 1 aliphatic rings. The number of amides is 1. The molecule has 2 rings (SSSR count). The van der Waals surface area contributed by atoms with Crippen molar-refractivity contribution in [3.8, 4) is 0 Å². The van der Waals surface area contributed by atoms with Crippen LogP contribution in [0.4, 0.5) is 0 Å². The molecule has 5 heteroatoms. The second-order valence-electron chi connectivity index (χ2n) is 3.82. The molecule has 1 aliphatic heterocycles. The molecule has 0 bridgehead atoms. The molecular weight excluding hydrogens is 206 g/mol. The van der Waals surface area contributed by atoms with E-state index in [2.05, 4.69) is 4.98 Å². The standard InChI is InChI=1S/C11H15N3O2/c1-14-10(15)7-16-9(5-12)11(14)8-3-2-4-13-6-8/h2-4,6,9,11H,5,7,12H2,1H3. The minimum Gasteiger partial charge on any atom is -0.365 e. The second-order valence-corrected chi connectivity index (χ2v) is 3.82. The molecule has 2 unspecified atom stereocenters. The van der Waals surface area contributed by atoms with Crippen molar-refractivity contribution in [2.45, 2.75) is 12.1 Å². The molecule has 1 amide bonds. The van der Waals surface area contributed by atoms with E-state index in [0.717, 1.165) is 5.56 Å². The average Bonchev–Trinajstić information content (AvgIpc) is 2.33. The summed E-state index contributed by atoms with van der Waals surface area (Å²) in [5.41, 5.74) is 6.61. The van der Waals surface area contributed by atoms with E-state index in [9.17, 15) is 4.79 Å². The smallest absolute Gasteiger partial charge is 0.248 e. The minimum atomic E-state index is -0.160. The Morgan fingerprint density at radius 3 is 3.12 bits per heavy atom. The van der Waals surface area contributed by atoms with Crippen molar-refractivity contribution in [3.63, 3.8) is 0 Å². The van der Waals surface area contributed by atoms with Crippen molar-refractivity contribution < 1.29 is 9.53 Å². The molecule has 2 N–H and O–H groups in total. The highest BCUT2D eigenvalue weighted by Crippen LogP contribution is 2.27. The molecule has 1 saturated heterocycles. The first kappa shape index (κ1) is 11.0. The van der Waals surface area contributed by atoms with Crippen LogP contribution in [0.2, 0.25) is 0 Å². The highest BCUT2D eigenvalue weighted by molar-refractivity contribution is 5.78. The monoisotopic (exact) mass is 221 g/mol. The summed E-state index contributed by atoms with van der Waals surface area (Å²) < 4.78 is 5.43. The summed E-state index contributed by atoms with van der Waals surface area (Å²) in [6, 6.07) is 3.63. The topological polar surface area (TPSA) is 68.5 Å². The summed E-state index contributed by atoms with van der Waals surface area (Å²) >= 11 is 0. The van der Waals surface area contributed by atoms with Gasteiger partial charge in [0.05, 0.1) is 12.1 Å². The Labute approximate surface area is 94.2 Å². The third kappa shape index (κ3) is 1.91. The molecular formula is C11H15N3O2. The van der Waals surface area contributed by atoms with Gasteiger partial charge in [-0.3, -0.25) is 9.78 Å². The zero-order chi connectivity index (χ0) is 11.5. The van der Waals surface area contributed by atoms with E-state index in [-0.39, 0.29) is 24.7 Å². The molecule has 2 atom stereocenters. The Morgan fingerprint density at radius 1 is 1.69 bits per heavy atom. The fraction of sp³-hybridized carbons (Fsp3) is 0.455. The molecule has 86 valence electrons. The Morgan fingerprint density at radius 2 is 2.50 bits per heavy atom. The van der Waals surface area contributed by atoms with Gasteiger partial charge in [0.25, 0.3) is 0 Å². The lowest BCUT2D eigenvalue weighted by atomic mass is 10.00. The lowest BCUT2D eigenvalue weighted by Crippen LogP contribution is -2.49. The third-order valence-corrected chi connectivity index (χ3v) is 2.84. The fourth-order valence-electron chi connectivity index (χ4n) is 1.96. The largest absolute Gasteiger partial charge is 0.365 e. The van der Waals surface area contributed by atoms with Gasteiger partial charge in [-0.2, -0.15) is 0 Å². The van der Waals surface area contributed by atoms with Gasteiger partial charge in [-0.15, -0.1) is 0 Å². The van der Waals surface area contributed by atoms with Crippen molar-refractivity contribution >= 4 is 5.91 Å². The Balaban J connectivity index is 2.30. The second kappa shape index (κ2) is 4.59. The summed E-state index contributed by atoms with van der Waals surface area (Å²) in [6.45, 7) is 0.492. The quantitative estimate of drug-likeness (QED) is 0.759. The van der Waals surface area contributed by atoms with Crippen molar-refractivity contribution in [1.82, 2.24) is 9.88 Å². The number of likely N-dealkylation sites (N-methyl/N-ethyl adjacent to an activating group) is 1. The average molecular weight is 221 g/mol. The minimum absolute atomic E-state index is 0.0291. The summed E-state index contributed by atoms with van der Waals surface area (Å²) in [5, 5.41) is 0. The van der Waals surface area contributed by atoms with Crippen molar-refractivity contribution in [2.24, 2.45) is 5.73 Å². The van der Waals surface area contributed by atoms with E-state index in [0.29, 0.717) is 6.54 Å². The maximum absolute atomic E-state index is 11.6. The van der Waals surface area contributed by atoms with Crippen LogP contribution in [0.1, 0.15) is 11.6 Å². The zero-order valence-corrected chi connectivity index (χ0v) is 9.17. The number of hydrogen-bond donors (Lipinski definition) is 1. The van der Waals surface area contributed by atoms with Gasteiger partial charge < -0.3 is 15.4 Å². The first-order valence-electron chi connectivity index (χ1n) is 5.21. The van der Waals surface area contributed by atoms with Gasteiger partial charge in [-0.25, -0.2) is 0 Å². The van der Waals surface area contributed by atoms with Crippen LogP contribution in [0, 0.1) is 0 Å². The Bertz CT molecular complexity index is 369. The first-order valence-corrected chi connectivity index (χ1v) is 5.21. The normalized spacial score (nSPS) is 25.9. The molecule has 0 aliphatic carbocycles. The van der Waals surface area contributed by atoms with Gasteiger partial charge in [0, 0.05) is 26.0 Å². The summed E-state index contributed by atoms with van der Waals surface area (Å²) in [6.07, 6.45) is 3.28. The van der Waals surface area contributed by atoms with Crippen LogP contribution in [0.3, 0.4) is 0 Å². The van der Waals surface area contributed by atoms with Crippen LogP contribution in [0.15, 0.2) is 24.5 Å². The predicted octanol–water partition coefficient (Wildman–Crippen LogP) is -0.0614. The fourth-order valence-corrected chi connectivity index (χ4v) is 1.96. The molecule has 1 fully saturated rings. The number of nitrogens with two attached hydrogens (primary N) is 1. The van der Waals surface area contributed by atoms with Crippen LogP contribution in [-0.2, 0) is 9.53 Å². The molecule has 5 nitrogen and oxygen atoms in total. The molecule has 0 saturated carbocycles. The number of ether oxygens (including phenoxy) is 1. The van der Waals surface area contributed by atoms with Gasteiger partial charge in [0.2, 0.25) is 5.91 Å². The van der Waals surface area contributed by atoms with Gasteiger partial charge in [0.1, 0.15) is 6.61 Å². The number of carbonyl (C=O) groups is 1. The van der Waals surface area contributed by atoms with Crippen LogP contribution >= 0.6 is 0 Å². The summed E-state index contributed by atoms with van der Waals surface area (Å²) in [4.78, 5) is 17.3. The molecule has 1 aromatic heterocycles. The van der Waals surface area contributed by atoms with Gasteiger partial charge in [-0.05, 0) is 11.6 Å². The maximum atomic E-state index is 11.6. The molecule has 1 aromatic rings. The zero-order valence-electron chi connectivity index (χ0n) is 9.17. The van der Waals surface area contributed by atoms with E-state index in [1.807, 2.05) is 12.1 Å². The number of carbonyl (C=O) groups excluding carboxylic acids is 1. The van der Waals surface area contributed by atoms with E-state index in [1.54, 1.807) is 24.3 Å². The Kier molecular flexibility index (Phi) is 3.17. The van der Waals surface area contributed by atoms with Gasteiger partial charge in [0.15, 0.2) is 0 Å². The molecule has 0 radical (unpaired) electrons. The number of aromatic nitrogens is 1. The highest BCUT2D eigenvalue weighted by Gasteiger charge is 2.34. The molecule has 16 heavy (non-hydrogen) atoms. The highest BCUT2D eigenvalue weighted by atomic mass is 16.5. The molecule has 2 heterocycles. The van der Waals surface area contributed by atoms with E-state index in [4.69, 9.17) is 10.5 Å². The number of pyridine rings is 1. The van der Waals surface area contributed by atoms with E-state index >= 15 is 0 Å². The van der Waals surface area contributed by atoms with Crippen LogP contribution < -0.4 is 5.73 Å². The SMILES string of the molecule is CN1C(=O)COC(CN)C1c1cccnc1. The Hall–Kier alpha value is -1.46. The van der Waals surface area contributed by atoms with E-state index in [1.165, 1.54) is 0 Å². The maximum Gasteiger partial charge on any atom is 0.248 e. The first-order chi connectivity index (χ1) is 7.74. The van der Waals surface area contributed by atoms with Crippen LogP contribution in [0.5, 0.6) is 0 Å². The molecule has 0 aromatic carbocycles. The van der Waals surface area contributed by atoms with Crippen molar-refractivity contribution in [1.29, 1.82) is 0 Å². The predicted molar refractivity (Wildman–Crippen MR) is 58.5 cm³/mol. The lowest BCUT2D eigenvalue weighted by molar-refractivity contribution is -0.154. The van der Waals surface area contributed by atoms with E-state index < -0.39 is 0 Å². The van der Waals surface area contributed by atoms with Crippen LogP contribution in [-0.4, -0.2) is 42.1 Å². The van der Waals surface area contributed by atoms with Gasteiger partial charge >= 0.3 is 0 Å². The summed E-state index contributed by atoms with van der Waals surface area (Å²) in [7, 11) is 1.77. The van der Waals surface area contributed by atoms with Crippen molar-refractivity contribution in [2.75, 3.05) is 20.2 Å². The number of nitrogens with zero attached hydrogens (tertiary/aromatic N) is 2. The number of morpholine rings is 1. The van der Waals surface area contributed by atoms with Crippen molar-refractivity contribution in [3.05, 3.63) is 30.1 Å². The number of rotatable bonds is 2. The molecule has 0 spiro atoms. The third-order valence-electron chi connectivity index (χ3n) is 2.84. The lowest BCUT2D eigenvalue weighted by Gasteiger charge is -2.38.